The molecule has 4 rings (SSSR count). The molecule has 29 heavy (non-hydrogen) atoms. The maximum absolute atomic E-state index is 13.0. The first-order chi connectivity index (χ1) is 13.8. The van der Waals surface area contributed by atoms with Gasteiger partial charge in [-0.1, -0.05) is 5.21 Å². The van der Waals surface area contributed by atoms with E-state index in [1.54, 1.807) is 6.20 Å². The van der Waals surface area contributed by atoms with Crippen molar-refractivity contribution in [2.45, 2.75) is 44.4 Å². The van der Waals surface area contributed by atoms with E-state index in [4.69, 9.17) is 0 Å². The Morgan fingerprint density at radius 1 is 1.17 bits per heavy atom. The third-order valence-electron chi connectivity index (χ3n) is 5.06. The van der Waals surface area contributed by atoms with Gasteiger partial charge in [-0.3, -0.25) is 4.68 Å². The molecule has 1 fully saturated rings. The molecule has 3 aromatic heterocycles. The van der Waals surface area contributed by atoms with E-state index in [1.165, 1.54) is 7.05 Å². The smallest absolute Gasteiger partial charge is 0.372 e. The van der Waals surface area contributed by atoms with Crippen LogP contribution in [0.1, 0.15) is 42.6 Å². The number of hydrogen-bond acceptors (Lipinski definition) is 7. The van der Waals surface area contributed by atoms with Crippen molar-refractivity contribution < 1.29 is 13.2 Å². The van der Waals surface area contributed by atoms with Gasteiger partial charge in [-0.15, -0.1) is 5.10 Å². The Balaban J connectivity index is 1.50. The molecule has 0 radical (unpaired) electrons. The van der Waals surface area contributed by atoms with Crippen LogP contribution in [0.5, 0.6) is 0 Å². The van der Waals surface area contributed by atoms with Gasteiger partial charge in [0.15, 0.2) is 0 Å². The molecular formula is C17H20F3N9. The molecule has 1 aliphatic carbocycles. The normalized spacial score (nSPS) is 19.5. The summed E-state index contributed by atoms with van der Waals surface area (Å²) in [5.41, 5.74) is 0.447. The molecule has 0 unspecified atom stereocenters. The van der Waals surface area contributed by atoms with Crippen LogP contribution in [0.15, 0.2) is 24.8 Å². The SMILES string of the molecule is CNc1nc(Nc2cn([C@H]3CC[C@@H](n4ccnn4)C3)nc2C)ncc1C(F)(F)F. The Kier molecular flexibility index (Phi) is 4.84. The average Bonchev–Trinajstić information content (AvgIpc) is 3.41. The molecule has 1 aliphatic rings. The molecule has 12 heteroatoms. The molecule has 1 saturated carbocycles. The molecule has 0 amide bonds. The van der Waals surface area contributed by atoms with Crippen molar-refractivity contribution in [1.29, 1.82) is 0 Å². The third kappa shape index (κ3) is 3.87. The van der Waals surface area contributed by atoms with E-state index >= 15 is 0 Å². The first kappa shape index (κ1) is 19.2. The third-order valence-corrected chi connectivity index (χ3v) is 5.06. The summed E-state index contributed by atoms with van der Waals surface area (Å²) in [4.78, 5) is 7.74. The number of halogens is 3. The second-order valence-electron chi connectivity index (χ2n) is 6.94. The molecule has 0 aliphatic heterocycles. The van der Waals surface area contributed by atoms with Crippen LogP contribution in [0.4, 0.5) is 30.6 Å². The molecule has 154 valence electrons. The van der Waals surface area contributed by atoms with Gasteiger partial charge in [0.2, 0.25) is 5.95 Å². The highest BCUT2D eigenvalue weighted by atomic mass is 19.4. The number of nitrogens with one attached hydrogen (secondary N) is 2. The molecule has 0 saturated heterocycles. The van der Waals surface area contributed by atoms with Gasteiger partial charge in [0.05, 0.1) is 29.7 Å². The summed E-state index contributed by atoms with van der Waals surface area (Å²) >= 11 is 0. The van der Waals surface area contributed by atoms with E-state index in [9.17, 15) is 13.2 Å². The van der Waals surface area contributed by atoms with Gasteiger partial charge in [0.1, 0.15) is 11.4 Å². The first-order valence-corrected chi connectivity index (χ1v) is 9.15. The lowest BCUT2D eigenvalue weighted by Crippen LogP contribution is -2.12. The Morgan fingerprint density at radius 3 is 2.59 bits per heavy atom. The maximum atomic E-state index is 13.0. The van der Waals surface area contributed by atoms with Crippen LogP contribution in [0, 0.1) is 6.92 Å². The number of rotatable bonds is 5. The van der Waals surface area contributed by atoms with Crippen molar-refractivity contribution in [1.82, 2.24) is 34.7 Å². The zero-order chi connectivity index (χ0) is 20.6. The van der Waals surface area contributed by atoms with Gasteiger partial charge in [-0.2, -0.15) is 23.3 Å². The summed E-state index contributed by atoms with van der Waals surface area (Å²) in [6.45, 7) is 1.83. The van der Waals surface area contributed by atoms with Crippen LogP contribution in [0.25, 0.3) is 0 Å². The molecule has 0 bridgehead atoms. The number of anilines is 3. The summed E-state index contributed by atoms with van der Waals surface area (Å²) < 4.78 is 42.8. The minimum Gasteiger partial charge on any atom is -0.372 e. The summed E-state index contributed by atoms with van der Waals surface area (Å²) in [6, 6.07) is 0.486. The molecule has 0 spiro atoms. The summed E-state index contributed by atoms with van der Waals surface area (Å²) in [6.07, 6.45) is 4.40. The van der Waals surface area contributed by atoms with Crippen molar-refractivity contribution >= 4 is 17.5 Å². The zero-order valence-corrected chi connectivity index (χ0v) is 15.8. The summed E-state index contributed by atoms with van der Waals surface area (Å²) in [5.74, 6) is -0.219. The monoisotopic (exact) mass is 407 g/mol. The van der Waals surface area contributed by atoms with Crippen molar-refractivity contribution in [3.63, 3.8) is 0 Å². The quantitative estimate of drug-likeness (QED) is 0.669. The van der Waals surface area contributed by atoms with E-state index in [-0.39, 0.29) is 23.8 Å². The van der Waals surface area contributed by atoms with E-state index in [2.05, 4.69) is 36.0 Å². The van der Waals surface area contributed by atoms with E-state index in [0.29, 0.717) is 11.4 Å². The Bertz CT molecular complexity index is 981. The predicted molar refractivity (Wildman–Crippen MR) is 98.8 cm³/mol. The molecule has 2 N–H and O–H groups in total. The average molecular weight is 407 g/mol. The van der Waals surface area contributed by atoms with Gasteiger partial charge in [-0.25, -0.2) is 9.67 Å². The topological polar surface area (TPSA) is 98.4 Å². The van der Waals surface area contributed by atoms with Gasteiger partial charge < -0.3 is 10.6 Å². The van der Waals surface area contributed by atoms with Crippen LogP contribution < -0.4 is 10.6 Å². The van der Waals surface area contributed by atoms with Crippen LogP contribution in [-0.4, -0.2) is 41.8 Å². The summed E-state index contributed by atoms with van der Waals surface area (Å²) in [5, 5.41) is 17.9. The van der Waals surface area contributed by atoms with Crippen LogP contribution in [0.3, 0.4) is 0 Å². The van der Waals surface area contributed by atoms with Gasteiger partial charge >= 0.3 is 6.18 Å². The second kappa shape index (κ2) is 7.33. The second-order valence-corrected chi connectivity index (χ2v) is 6.94. The standard InChI is InChI=1S/C17H20F3N9/c1-10-14(24-16-22-8-13(17(18,19)20)15(21-2)25-16)9-29(26-10)12-4-3-11(7-12)28-6-5-23-27-28/h5-6,8-9,11-12H,3-4,7H2,1-2H3,(H2,21,22,24,25)/t11-,12+/m1/s1. The highest BCUT2D eigenvalue weighted by Crippen LogP contribution is 2.38. The fourth-order valence-corrected chi connectivity index (χ4v) is 3.58. The van der Waals surface area contributed by atoms with Crippen molar-refractivity contribution in [3.8, 4) is 0 Å². The van der Waals surface area contributed by atoms with E-state index in [1.807, 2.05) is 28.7 Å². The Labute approximate surface area is 164 Å². The molecular weight excluding hydrogens is 387 g/mol. The fraction of sp³-hybridized carbons (Fsp3) is 0.471. The molecule has 2 atom stereocenters. The molecule has 9 nitrogen and oxygen atoms in total. The lowest BCUT2D eigenvalue weighted by Gasteiger charge is -2.13. The number of alkyl halides is 3. The minimum absolute atomic E-state index is 0.0666. The fourth-order valence-electron chi connectivity index (χ4n) is 3.58. The van der Waals surface area contributed by atoms with Gasteiger partial charge in [0.25, 0.3) is 0 Å². The minimum atomic E-state index is -4.53. The lowest BCUT2D eigenvalue weighted by atomic mass is 10.2. The van der Waals surface area contributed by atoms with Crippen molar-refractivity contribution in [3.05, 3.63) is 36.0 Å². The molecule has 3 heterocycles. The maximum Gasteiger partial charge on any atom is 0.421 e. The van der Waals surface area contributed by atoms with Crippen LogP contribution in [-0.2, 0) is 6.18 Å². The number of hydrogen-bond donors (Lipinski definition) is 2. The highest BCUT2D eigenvalue weighted by Gasteiger charge is 2.35. The van der Waals surface area contributed by atoms with Gasteiger partial charge in [0, 0.05) is 25.6 Å². The lowest BCUT2D eigenvalue weighted by molar-refractivity contribution is -0.137. The van der Waals surface area contributed by atoms with E-state index in [0.717, 1.165) is 25.5 Å². The number of aryl methyl sites for hydroxylation is 1. The Hall–Kier alpha value is -3.18. The number of aromatic nitrogens is 7. The van der Waals surface area contributed by atoms with Crippen molar-refractivity contribution in [2.75, 3.05) is 17.7 Å². The molecule has 3 aromatic rings. The van der Waals surface area contributed by atoms with Crippen molar-refractivity contribution in [2.24, 2.45) is 0 Å². The van der Waals surface area contributed by atoms with Crippen LogP contribution in [0.2, 0.25) is 0 Å². The largest absolute Gasteiger partial charge is 0.421 e. The highest BCUT2D eigenvalue weighted by molar-refractivity contribution is 5.57. The van der Waals surface area contributed by atoms with E-state index < -0.39 is 11.7 Å². The summed E-state index contributed by atoms with van der Waals surface area (Å²) in [7, 11) is 1.39. The zero-order valence-electron chi connectivity index (χ0n) is 15.8. The van der Waals surface area contributed by atoms with Crippen LogP contribution >= 0.6 is 0 Å². The first-order valence-electron chi connectivity index (χ1n) is 9.15. The number of nitrogens with zero attached hydrogens (tertiary/aromatic N) is 7. The predicted octanol–water partition coefficient (Wildman–Crippen LogP) is 3.34. The molecule has 0 aromatic carbocycles. The Morgan fingerprint density at radius 2 is 1.93 bits per heavy atom. The van der Waals surface area contributed by atoms with Gasteiger partial charge in [-0.05, 0) is 26.2 Å².